The summed E-state index contributed by atoms with van der Waals surface area (Å²) < 4.78 is 5.51. The van der Waals surface area contributed by atoms with Gasteiger partial charge in [-0.2, -0.15) is 0 Å². The summed E-state index contributed by atoms with van der Waals surface area (Å²) >= 11 is 6.00. The molecule has 2 nitrogen and oxygen atoms in total. The van der Waals surface area contributed by atoms with Crippen molar-refractivity contribution in [3.8, 4) is 0 Å². The Hall–Kier alpha value is -0.570. The lowest BCUT2D eigenvalue weighted by molar-refractivity contribution is 0.0792. The van der Waals surface area contributed by atoms with Crippen molar-refractivity contribution in [3.05, 3.63) is 34.9 Å². The Kier molecular flexibility index (Phi) is 6.56. The standard InChI is InChI=1S/C14H22ClNO/c1-4-14(16-8-9-17-11(2)3)12-6-5-7-13(15)10-12/h5-7,10-11,14,16H,4,8-9H2,1-3H3. The third kappa shape index (κ3) is 5.53. The third-order valence-corrected chi connectivity index (χ3v) is 2.84. The van der Waals surface area contributed by atoms with E-state index in [9.17, 15) is 0 Å². The van der Waals surface area contributed by atoms with Gasteiger partial charge in [0.25, 0.3) is 0 Å². The summed E-state index contributed by atoms with van der Waals surface area (Å²) in [6.07, 6.45) is 1.34. The first-order chi connectivity index (χ1) is 8.13. The number of hydrogen-bond donors (Lipinski definition) is 1. The minimum absolute atomic E-state index is 0.294. The fourth-order valence-corrected chi connectivity index (χ4v) is 1.95. The Labute approximate surface area is 109 Å². The van der Waals surface area contributed by atoms with E-state index in [-0.39, 0.29) is 0 Å². The van der Waals surface area contributed by atoms with Crippen molar-refractivity contribution < 1.29 is 4.74 Å². The Balaban J connectivity index is 2.43. The predicted octanol–water partition coefficient (Wildman–Crippen LogP) is 3.81. The number of halogens is 1. The van der Waals surface area contributed by atoms with Crippen LogP contribution in [0.1, 0.15) is 38.8 Å². The Morgan fingerprint density at radius 3 is 2.71 bits per heavy atom. The van der Waals surface area contributed by atoms with Crippen LogP contribution in [0.3, 0.4) is 0 Å². The average molecular weight is 256 g/mol. The SMILES string of the molecule is CCC(NCCOC(C)C)c1cccc(Cl)c1. The van der Waals surface area contributed by atoms with E-state index in [1.54, 1.807) is 0 Å². The highest BCUT2D eigenvalue weighted by molar-refractivity contribution is 6.30. The van der Waals surface area contributed by atoms with E-state index in [2.05, 4.69) is 18.3 Å². The van der Waals surface area contributed by atoms with Gasteiger partial charge >= 0.3 is 0 Å². The van der Waals surface area contributed by atoms with Gasteiger partial charge in [-0.1, -0.05) is 30.7 Å². The van der Waals surface area contributed by atoms with Gasteiger partial charge in [0.1, 0.15) is 0 Å². The first-order valence-electron chi connectivity index (χ1n) is 6.24. The molecule has 0 amide bonds. The molecular formula is C14H22ClNO. The topological polar surface area (TPSA) is 21.3 Å². The minimum Gasteiger partial charge on any atom is -0.377 e. The first-order valence-corrected chi connectivity index (χ1v) is 6.61. The quantitative estimate of drug-likeness (QED) is 0.749. The maximum Gasteiger partial charge on any atom is 0.0594 e. The fourth-order valence-electron chi connectivity index (χ4n) is 1.75. The summed E-state index contributed by atoms with van der Waals surface area (Å²) in [4.78, 5) is 0. The summed E-state index contributed by atoms with van der Waals surface area (Å²) in [5, 5.41) is 4.28. The molecule has 0 aliphatic heterocycles. The van der Waals surface area contributed by atoms with E-state index in [1.165, 1.54) is 5.56 Å². The van der Waals surface area contributed by atoms with Crippen LogP contribution in [0.15, 0.2) is 24.3 Å². The van der Waals surface area contributed by atoms with Crippen molar-refractivity contribution in [2.75, 3.05) is 13.2 Å². The van der Waals surface area contributed by atoms with Gasteiger partial charge in [0.2, 0.25) is 0 Å². The van der Waals surface area contributed by atoms with Gasteiger partial charge in [0.05, 0.1) is 12.7 Å². The molecule has 3 heteroatoms. The first kappa shape index (κ1) is 14.5. The zero-order valence-corrected chi connectivity index (χ0v) is 11.6. The molecule has 0 aromatic heterocycles. The lowest BCUT2D eigenvalue weighted by Crippen LogP contribution is -2.25. The van der Waals surface area contributed by atoms with Gasteiger partial charge in [0, 0.05) is 17.6 Å². The van der Waals surface area contributed by atoms with Crippen LogP contribution in [0.5, 0.6) is 0 Å². The predicted molar refractivity (Wildman–Crippen MR) is 73.6 cm³/mol. The van der Waals surface area contributed by atoms with Crippen molar-refractivity contribution in [1.29, 1.82) is 0 Å². The molecule has 17 heavy (non-hydrogen) atoms. The van der Waals surface area contributed by atoms with E-state index in [4.69, 9.17) is 16.3 Å². The van der Waals surface area contributed by atoms with Crippen molar-refractivity contribution >= 4 is 11.6 Å². The Bertz CT molecular complexity index is 328. The van der Waals surface area contributed by atoms with E-state index in [0.717, 1.165) is 24.6 Å². The second-order valence-corrected chi connectivity index (χ2v) is 4.83. The largest absolute Gasteiger partial charge is 0.377 e. The lowest BCUT2D eigenvalue weighted by Gasteiger charge is -2.18. The van der Waals surface area contributed by atoms with E-state index in [0.29, 0.717) is 12.1 Å². The molecule has 0 spiro atoms. The zero-order chi connectivity index (χ0) is 12.7. The molecule has 1 aromatic carbocycles. The number of nitrogens with one attached hydrogen (secondary N) is 1. The average Bonchev–Trinajstić information content (AvgIpc) is 2.29. The summed E-state index contributed by atoms with van der Waals surface area (Å²) in [7, 11) is 0. The van der Waals surface area contributed by atoms with Crippen LogP contribution in [0.4, 0.5) is 0 Å². The molecule has 1 rings (SSSR count). The van der Waals surface area contributed by atoms with Crippen LogP contribution in [-0.2, 0) is 4.74 Å². The van der Waals surface area contributed by atoms with Gasteiger partial charge < -0.3 is 10.1 Å². The van der Waals surface area contributed by atoms with E-state index in [1.807, 2.05) is 32.0 Å². The van der Waals surface area contributed by atoms with Crippen molar-refractivity contribution in [1.82, 2.24) is 5.32 Å². The summed E-state index contributed by atoms with van der Waals surface area (Å²) in [5.74, 6) is 0. The molecule has 0 aliphatic rings. The highest BCUT2D eigenvalue weighted by atomic mass is 35.5. The van der Waals surface area contributed by atoms with Crippen LogP contribution >= 0.6 is 11.6 Å². The van der Waals surface area contributed by atoms with Crippen molar-refractivity contribution in [2.45, 2.75) is 39.3 Å². The van der Waals surface area contributed by atoms with Gasteiger partial charge in [-0.3, -0.25) is 0 Å². The lowest BCUT2D eigenvalue weighted by atomic mass is 10.0. The molecule has 0 saturated heterocycles. The fraction of sp³-hybridized carbons (Fsp3) is 0.571. The Morgan fingerprint density at radius 2 is 2.12 bits per heavy atom. The zero-order valence-electron chi connectivity index (χ0n) is 10.9. The van der Waals surface area contributed by atoms with Gasteiger partial charge in [-0.15, -0.1) is 0 Å². The summed E-state index contributed by atoms with van der Waals surface area (Å²) in [6.45, 7) is 7.88. The molecule has 0 radical (unpaired) electrons. The molecule has 0 aliphatic carbocycles. The molecule has 0 heterocycles. The highest BCUT2D eigenvalue weighted by Gasteiger charge is 2.08. The van der Waals surface area contributed by atoms with Crippen molar-refractivity contribution in [3.63, 3.8) is 0 Å². The maximum absolute atomic E-state index is 6.00. The van der Waals surface area contributed by atoms with Crippen LogP contribution < -0.4 is 5.32 Å². The maximum atomic E-state index is 6.00. The molecule has 1 N–H and O–H groups in total. The summed E-state index contributed by atoms with van der Waals surface area (Å²) in [5.41, 5.74) is 1.24. The highest BCUT2D eigenvalue weighted by Crippen LogP contribution is 2.19. The normalized spacial score (nSPS) is 13.0. The van der Waals surface area contributed by atoms with Crippen LogP contribution in [0, 0.1) is 0 Å². The van der Waals surface area contributed by atoms with Crippen LogP contribution in [0.2, 0.25) is 5.02 Å². The van der Waals surface area contributed by atoms with Crippen molar-refractivity contribution in [2.24, 2.45) is 0 Å². The minimum atomic E-state index is 0.294. The second kappa shape index (κ2) is 7.70. The molecule has 96 valence electrons. The molecule has 1 atom stereocenters. The molecule has 1 aromatic rings. The number of hydrogen-bond acceptors (Lipinski definition) is 2. The second-order valence-electron chi connectivity index (χ2n) is 4.39. The van der Waals surface area contributed by atoms with Crippen LogP contribution in [0.25, 0.3) is 0 Å². The smallest absolute Gasteiger partial charge is 0.0594 e. The van der Waals surface area contributed by atoms with Crippen LogP contribution in [-0.4, -0.2) is 19.3 Å². The molecular weight excluding hydrogens is 234 g/mol. The number of ether oxygens (including phenoxy) is 1. The van der Waals surface area contributed by atoms with E-state index >= 15 is 0 Å². The molecule has 0 fully saturated rings. The number of benzene rings is 1. The summed E-state index contributed by atoms with van der Waals surface area (Å²) in [6, 6.07) is 8.37. The van der Waals surface area contributed by atoms with E-state index < -0.39 is 0 Å². The number of rotatable bonds is 7. The molecule has 0 saturated carbocycles. The third-order valence-electron chi connectivity index (χ3n) is 2.60. The van der Waals surface area contributed by atoms with Gasteiger partial charge in [-0.05, 0) is 38.0 Å². The molecule has 0 bridgehead atoms. The Morgan fingerprint density at radius 1 is 1.35 bits per heavy atom. The van der Waals surface area contributed by atoms with Gasteiger partial charge in [0.15, 0.2) is 0 Å². The van der Waals surface area contributed by atoms with Gasteiger partial charge in [-0.25, -0.2) is 0 Å². The molecule has 1 unspecified atom stereocenters. The monoisotopic (exact) mass is 255 g/mol.